The molecular formula is C24H18N2O4. The van der Waals surface area contributed by atoms with Crippen molar-refractivity contribution in [2.75, 3.05) is 7.11 Å². The highest BCUT2D eigenvalue weighted by atomic mass is 16.5. The van der Waals surface area contributed by atoms with E-state index in [4.69, 9.17) is 9.94 Å². The van der Waals surface area contributed by atoms with Crippen LogP contribution in [0, 0.1) is 0 Å². The summed E-state index contributed by atoms with van der Waals surface area (Å²) >= 11 is 0. The summed E-state index contributed by atoms with van der Waals surface area (Å²) in [7, 11) is 1.35. The molecule has 0 saturated heterocycles. The number of para-hydroxylation sites is 1. The van der Waals surface area contributed by atoms with E-state index in [1.165, 1.54) is 7.11 Å². The number of methoxy groups -OCH3 is 1. The molecule has 0 spiro atoms. The van der Waals surface area contributed by atoms with E-state index in [0.717, 1.165) is 16.7 Å². The molecule has 0 radical (unpaired) electrons. The maximum Gasteiger partial charge on any atom is 0.337 e. The van der Waals surface area contributed by atoms with E-state index in [1.807, 2.05) is 54.6 Å². The Balaban J connectivity index is 1.70. The molecule has 0 saturated carbocycles. The van der Waals surface area contributed by atoms with Gasteiger partial charge < -0.3 is 4.74 Å². The number of carbonyl (C=O) groups excluding carboxylic acids is 2. The molecule has 0 bridgehead atoms. The molecule has 0 aliphatic heterocycles. The molecule has 1 heterocycles. The lowest BCUT2D eigenvalue weighted by atomic mass is 10.00. The third-order valence-corrected chi connectivity index (χ3v) is 4.88. The van der Waals surface area contributed by atoms with Crippen molar-refractivity contribution in [2.45, 2.75) is 0 Å². The fraction of sp³-hybridized carbons (Fsp3) is 0.0417. The predicted octanol–water partition coefficient (Wildman–Crippen LogP) is 4.47. The number of rotatable bonds is 4. The van der Waals surface area contributed by atoms with Crippen molar-refractivity contribution in [3.05, 3.63) is 90.0 Å². The quantitative estimate of drug-likeness (QED) is 0.301. The monoisotopic (exact) mass is 398 g/mol. The zero-order chi connectivity index (χ0) is 21.1. The molecule has 0 fully saturated rings. The molecule has 4 rings (SSSR count). The number of esters is 1. The van der Waals surface area contributed by atoms with Crippen LogP contribution in [0.5, 0.6) is 0 Å². The van der Waals surface area contributed by atoms with Gasteiger partial charge in [-0.05, 0) is 35.4 Å². The van der Waals surface area contributed by atoms with E-state index in [2.05, 4.69) is 4.98 Å². The van der Waals surface area contributed by atoms with Gasteiger partial charge in [-0.1, -0.05) is 54.6 Å². The molecule has 1 aromatic heterocycles. The first kappa shape index (κ1) is 19.3. The second-order valence-corrected chi connectivity index (χ2v) is 6.66. The molecule has 0 atom stereocenters. The fourth-order valence-corrected chi connectivity index (χ4v) is 3.32. The van der Waals surface area contributed by atoms with Crippen LogP contribution in [0.3, 0.4) is 0 Å². The largest absolute Gasteiger partial charge is 0.465 e. The number of amides is 1. The Bertz CT molecular complexity index is 1230. The molecule has 0 unspecified atom stereocenters. The first-order valence-corrected chi connectivity index (χ1v) is 9.24. The summed E-state index contributed by atoms with van der Waals surface area (Å²) in [6.45, 7) is 0. The van der Waals surface area contributed by atoms with Gasteiger partial charge in [-0.15, -0.1) is 0 Å². The second kappa shape index (κ2) is 8.14. The minimum atomic E-state index is -0.586. The van der Waals surface area contributed by atoms with Crippen molar-refractivity contribution in [3.8, 4) is 22.4 Å². The average molecular weight is 398 g/mol. The summed E-state index contributed by atoms with van der Waals surface area (Å²) in [5.74, 6) is -0.959. The van der Waals surface area contributed by atoms with Crippen molar-refractivity contribution >= 4 is 22.8 Å². The molecule has 0 aliphatic carbocycles. The molecule has 6 nitrogen and oxygen atoms in total. The minimum absolute atomic E-state index is 0.348. The lowest BCUT2D eigenvalue weighted by Gasteiger charge is -2.09. The molecule has 2 N–H and O–H groups in total. The Kier molecular flexibility index (Phi) is 5.24. The van der Waals surface area contributed by atoms with Crippen LogP contribution < -0.4 is 5.48 Å². The van der Waals surface area contributed by atoms with Gasteiger partial charge >= 0.3 is 5.97 Å². The number of nitrogens with zero attached hydrogens (tertiary/aromatic N) is 1. The summed E-state index contributed by atoms with van der Waals surface area (Å²) < 4.78 is 4.72. The van der Waals surface area contributed by atoms with Crippen molar-refractivity contribution in [3.63, 3.8) is 0 Å². The normalized spacial score (nSPS) is 10.6. The number of fused-ring (bicyclic) bond motifs is 1. The van der Waals surface area contributed by atoms with Gasteiger partial charge in [0.1, 0.15) is 0 Å². The number of carbonyl (C=O) groups is 2. The maximum absolute atomic E-state index is 12.1. The SMILES string of the molecule is COC(=O)c1ccc(-c2ccc(-c3cc(C(=O)NO)c4ccccc4n3)cc2)cc1. The highest BCUT2D eigenvalue weighted by Crippen LogP contribution is 2.27. The average Bonchev–Trinajstić information content (AvgIpc) is 2.82. The molecular weight excluding hydrogens is 380 g/mol. The van der Waals surface area contributed by atoms with E-state index in [9.17, 15) is 9.59 Å². The van der Waals surface area contributed by atoms with Gasteiger partial charge in [-0.25, -0.2) is 15.3 Å². The molecule has 1 amide bonds. The highest BCUT2D eigenvalue weighted by Gasteiger charge is 2.13. The lowest BCUT2D eigenvalue weighted by Crippen LogP contribution is -2.19. The molecule has 3 aromatic carbocycles. The number of hydrogen-bond donors (Lipinski definition) is 2. The zero-order valence-electron chi connectivity index (χ0n) is 16.1. The summed E-state index contributed by atoms with van der Waals surface area (Å²) in [6, 6.07) is 23.8. The van der Waals surface area contributed by atoms with Crippen LogP contribution in [-0.2, 0) is 4.74 Å². The van der Waals surface area contributed by atoms with Crippen LogP contribution in [0.15, 0.2) is 78.9 Å². The lowest BCUT2D eigenvalue weighted by molar-refractivity contribution is 0.0600. The van der Waals surface area contributed by atoms with Crippen LogP contribution in [0.1, 0.15) is 20.7 Å². The molecule has 30 heavy (non-hydrogen) atoms. The van der Waals surface area contributed by atoms with Crippen molar-refractivity contribution in [1.82, 2.24) is 10.5 Å². The van der Waals surface area contributed by atoms with Crippen molar-refractivity contribution < 1.29 is 19.5 Å². The second-order valence-electron chi connectivity index (χ2n) is 6.66. The third-order valence-electron chi connectivity index (χ3n) is 4.88. The van der Waals surface area contributed by atoms with E-state index in [-0.39, 0.29) is 5.97 Å². The van der Waals surface area contributed by atoms with Crippen molar-refractivity contribution in [1.29, 1.82) is 0 Å². The summed E-state index contributed by atoms with van der Waals surface area (Å²) in [6.07, 6.45) is 0. The van der Waals surface area contributed by atoms with Gasteiger partial charge in [0.25, 0.3) is 5.91 Å². The van der Waals surface area contributed by atoms with Gasteiger partial charge in [-0.3, -0.25) is 10.0 Å². The molecule has 4 aromatic rings. The van der Waals surface area contributed by atoms with Gasteiger partial charge in [0.2, 0.25) is 0 Å². The highest BCUT2D eigenvalue weighted by molar-refractivity contribution is 6.06. The van der Waals surface area contributed by atoms with Crippen LogP contribution in [0.2, 0.25) is 0 Å². The van der Waals surface area contributed by atoms with Crippen LogP contribution in [0.25, 0.3) is 33.3 Å². The zero-order valence-corrected chi connectivity index (χ0v) is 16.1. The van der Waals surface area contributed by atoms with Gasteiger partial charge in [0, 0.05) is 10.9 Å². The number of ether oxygens (including phenoxy) is 1. The first-order chi connectivity index (χ1) is 14.6. The summed E-state index contributed by atoms with van der Waals surface area (Å²) in [4.78, 5) is 28.4. The first-order valence-electron chi connectivity index (χ1n) is 9.24. The Hall–Kier alpha value is -4.03. The molecule has 6 heteroatoms. The Morgan fingerprint density at radius 3 is 2.10 bits per heavy atom. The third kappa shape index (κ3) is 3.64. The van der Waals surface area contributed by atoms with Crippen LogP contribution in [-0.4, -0.2) is 29.2 Å². The van der Waals surface area contributed by atoms with E-state index in [1.54, 1.807) is 29.7 Å². The van der Waals surface area contributed by atoms with Gasteiger partial charge in [-0.2, -0.15) is 0 Å². The number of hydrogen-bond acceptors (Lipinski definition) is 5. The Morgan fingerprint density at radius 2 is 1.47 bits per heavy atom. The van der Waals surface area contributed by atoms with E-state index in [0.29, 0.717) is 27.7 Å². The molecule has 0 aliphatic rings. The summed E-state index contributed by atoms with van der Waals surface area (Å²) in [5.41, 5.74) is 6.60. The van der Waals surface area contributed by atoms with Gasteiger partial charge in [0.05, 0.1) is 29.4 Å². The standard InChI is InChI=1S/C24H18N2O4/c1-30-24(28)18-12-8-16(9-13-18)15-6-10-17(11-7-15)22-14-20(23(27)26-29)19-4-2-3-5-21(19)25-22/h2-14,29H,1H3,(H,26,27). The Morgan fingerprint density at radius 1 is 0.867 bits per heavy atom. The number of aromatic nitrogens is 1. The van der Waals surface area contributed by atoms with E-state index < -0.39 is 5.91 Å². The van der Waals surface area contributed by atoms with E-state index >= 15 is 0 Å². The summed E-state index contributed by atoms with van der Waals surface area (Å²) in [5, 5.41) is 9.75. The smallest absolute Gasteiger partial charge is 0.337 e. The number of nitrogens with one attached hydrogen (secondary N) is 1. The van der Waals surface area contributed by atoms with Gasteiger partial charge in [0.15, 0.2) is 0 Å². The van der Waals surface area contributed by atoms with Crippen molar-refractivity contribution in [2.24, 2.45) is 0 Å². The predicted molar refractivity (Wildman–Crippen MR) is 113 cm³/mol. The molecule has 148 valence electrons. The topological polar surface area (TPSA) is 88.5 Å². The van der Waals surface area contributed by atoms with Crippen LogP contribution in [0.4, 0.5) is 0 Å². The number of pyridine rings is 1. The number of benzene rings is 3. The fourth-order valence-electron chi connectivity index (χ4n) is 3.32. The maximum atomic E-state index is 12.1. The minimum Gasteiger partial charge on any atom is -0.465 e. The number of hydroxylamine groups is 1. The van der Waals surface area contributed by atoms with Crippen LogP contribution >= 0.6 is 0 Å². The Labute approximate surface area is 172 Å².